The van der Waals surface area contributed by atoms with Crippen molar-refractivity contribution in [3.8, 4) is 0 Å². The standard InChI is InChI=1S/C18H25Cl2N3O3/c1-18(2,3)26-17(25)23-10-8-22(9-11-23)7-6-21-16(24)14-12-13(19)4-5-15(14)20/h4-5,12H,6-11H2,1-3H3,(H,21,24). The maximum Gasteiger partial charge on any atom is 0.410 e. The van der Waals surface area contributed by atoms with Crippen molar-refractivity contribution in [1.29, 1.82) is 0 Å². The highest BCUT2D eigenvalue weighted by Crippen LogP contribution is 2.20. The molecule has 0 aliphatic carbocycles. The average Bonchev–Trinajstić information content (AvgIpc) is 2.56. The Balaban J connectivity index is 1.73. The molecule has 0 radical (unpaired) electrons. The Kier molecular flexibility index (Phi) is 7.15. The van der Waals surface area contributed by atoms with Crippen molar-refractivity contribution in [2.75, 3.05) is 39.3 Å². The predicted molar refractivity (Wildman–Crippen MR) is 103 cm³/mol. The van der Waals surface area contributed by atoms with Gasteiger partial charge < -0.3 is 15.0 Å². The number of hydrogen-bond acceptors (Lipinski definition) is 4. The highest BCUT2D eigenvalue weighted by molar-refractivity contribution is 6.35. The van der Waals surface area contributed by atoms with Gasteiger partial charge in [-0.25, -0.2) is 4.79 Å². The number of nitrogens with zero attached hydrogens (tertiary/aromatic N) is 2. The van der Waals surface area contributed by atoms with E-state index in [0.717, 1.165) is 13.1 Å². The first kappa shape index (κ1) is 20.8. The molecule has 1 N–H and O–H groups in total. The summed E-state index contributed by atoms with van der Waals surface area (Å²) in [6, 6.07) is 4.80. The molecule has 0 spiro atoms. The van der Waals surface area contributed by atoms with Gasteiger partial charge in [-0.1, -0.05) is 23.2 Å². The molecule has 1 aromatic carbocycles. The summed E-state index contributed by atoms with van der Waals surface area (Å²) >= 11 is 11.9. The molecule has 1 aromatic rings. The first-order valence-electron chi connectivity index (χ1n) is 8.59. The molecule has 0 unspecified atom stereocenters. The normalized spacial score (nSPS) is 15.7. The van der Waals surface area contributed by atoms with E-state index in [2.05, 4.69) is 10.2 Å². The zero-order valence-electron chi connectivity index (χ0n) is 15.3. The minimum absolute atomic E-state index is 0.245. The van der Waals surface area contributed by atoms with Crippen molar-refractivity contribution < 1.29 is 14.3 Å². The Morgan fingerprint density at radius 2 is 1.81 bits per heavy atom. The first-order chi connectivity index (χ1) is 12.2. The van der Waals surface area contributed by atoms with Crippen LogP contribution < -0.4 is 5.32 Å². The molecule has 1 fully saturated rings. The van der Waals surface area contributed by atoms with E-state index in [9.17, 15) is 9.59 Å². The van der Waals surface area contributed by atoms with Crippen LogP contribution in [0.1, 0.15) is 31.1 Å². The molecule has 1 heterocycles. The Morgan fingerprint density at radius 3 is 2.42 bits per heavy atom. The van der Waals surface area contributed by atoms with Gasteiger partial charge in [0.2, 0.25) is 0 Å². The summed E-state index contributed by atoms with van der Waals surface area (Å²) in [6.07, 6.45) is -0.277. The van der Waals surface area contributed by atoms with Crippen molar-refractivity contribution in [3.05, 3.63) is 33.8 Å². The minimum Gasteiger partial charge on any atom is -0.444 e. The summed E-state index contributed by atoms with van der Waals surface area (Å²) < 4.78 is 5.38. The molecule has 0 saturated carbocycles. The van der Waals surface area contributed by atoms with E-state index < -0.39 is 5.60 Å². The zero-order valence-corrected chi connectivity index (χ0v) is 16.9. The van der Waals surface area contributed by atoms with Crippen LogP contribution >= 0.6 is 23.2 Å². The smallest absolute Gasteiger partial charge is 0.410 e. The van der Waals surface area contributed by atoms with E-state index in [0.29, 0.717) is 41.8 Å². The lowest BCUT2D eigenvalue weighted by atomic mass is 10.2. The van der Waals surface area contributed by atoms with E-state index in [1.165, 1.54) is 0 Å². The van der Waals surface area contributed by atoms with Gasteiger partial charge in [-0.3, -0.25) is 9.69 Å². The van der Waals surface area contributed by atoms with Gasteiger partial charge in [0.1, 0.15) is 5.60 Å². The summed E-state index contributed by atoms with van der Waals surface area (Å²) in [5, 5.41) is 3.69. The quantitative estimate of drug-likeness (QED) is 0.840. The molecule has 26 heavy (non-hydrogen) atoms. The Morgan fingerprint density at radius 1 is 1.15 bits per heavy atom. The Labute approximate surface area is 164 Å². The van der Waals surface area contributed by atoms with Crippen molar-refractivity contribution in [1.82, 2.24) is 15.1 Å². The van der Waals surface area contributed by atoms with Crippen LogP contribution in [0.15, 0.2) is 18.2 Å². The van der Waals surface area contributed by atoms with E-state index in [-0.39, 0.29) is 12.0 Å². The summed E-state index contributed by atoms with van der Waals surface area (Å²) in [7, 11) is 0. The topological polar surface area (TPSA) is 61.9 Å². The number of rotatable bonds is 4. The molecular formula is C18H25Cl2N3O3. The second-order valence-corrected chi connectivity index (χ2v) is 8.03. The number of benzene rings is 1. The molecule has 0 atom stereocenters. The molecule has 1 aliphatic rings. The molecule has 144 valence electrons. The van der Waals surface area contributed by atoms with Gasteiger partial charge >= 0.3 is 6.09 Å². The fourth-order valence-corrected chi connectivity index (χ4v) is 2.95. The van der Waals surface area contributed by atoms with Crippen molar-refractivity contribution >= 4 is 35.2 Å². The molecule has 0 aromatic heterocycles. The summed E-state index contributed by atoms with van der Waals surface area (Å²) in [4.78, 5) is 28.1. The summed E-state index contributed by atoms with van der Waals surface area (Å²) in [5.41, 5.74) is -0.117. The third kappa shape index (κ3) is 6.34. The highest BCUT2D eigenvalue weighted by atomic mass is 35.5. The van der Waals surface area contributed by atoms with Gasteiger partial charge in [-0.2, -0.15) is 0 Å². The number of amides is 2. The van der Waals surface area contributed by atoms with Crippen molar-refractivity contribution in [2.24, 2.45) is 0 Å². The predicted octanol–water partition coefficient (Wildman–Crippen LogP) is 3.28. The molecule has 2 amide bonds. The number of hydrogen-bond donors (Lipinski definition) is 1. The average molecular weight is 402 g/mol. The minimum atomic E-state index is -0.486. The maximum atomic E-state index is 12.2. The third-order valence-electron chi connectivity index (χ3n) is 3.91. The number of halogens is 2. The second kappa shape index (κ2) is 8.93. The number of piperazine rings is 1. The number of carbonyl (C=O) groups is 2. The molecule has 0 bridgehead atoms. The van der Waals surface area contributed by atoms with Crippen molar-refractivity contribution in [3.63, 3.8) is 0 Å². The zero-order chi connectivity index (χ0) is 19.3. The summed E-state index contributed by atoms with van der Waals surface area (Å²) in [5.74, 6) is -0.245. The van der Waals surface area contributed by atoms with Crippen LogP contribution in [0.5, 0.6) is 0 Å². The van der Waals surface area contributed by atoms with E-state index in [1.807, 2.05) is 20.8 Å². The lowest BCUT2D eigenvalue weighted by Gasteiger charge is -2.35. The number of carbonyl (C=O) groups excluding carboxylic acids is 2. The monoisotopic (exact) mass is 401 g/mol. The van der Waals surface area contributed by atoms with Crippen LogP contribution in [0.2, 0.25) is 10.0 Å². The van der Waals surface area contributed by atoms with Crippen LogP contribution in [0, 0.1) is 0 Å². The van der Waals surface area contributed by atoms with Crippen LogP contribution in [-0.2, 0) is 4.74 Å². The van der Waals surface area contributed by atoms with Gasteiger partial charge in [-0.05, 0) is 39.0 Å². The van der Waals surface area contributed by atoms with Gasteiger partial charge in [0.15, 0.2) is 0 Å². The molecule has 1 aliphatic heterocycles. The highest BCUT2D eigenvalue weighted by Gasteiger charge is 2.25. The van der Waals surface area contributed by atoms with Crippen LogP contribution in [0.4, 0.5) is 4.79 Å². The largest absolute Gasteiger partial charge is 0.444 e. The lowest BCUT2D eigenvalue weighted by molar-refractivity contribution is 0.0147. The molecular weight excluding hydrogens is 377 g/mol. The SMILES string of the molecule is CC(C)(C)OC(=O)N1CCN(CCNC(=O)c2cc(Cl)ccc2Cl)CC1. The first-order valence-corrected chi connectivity index (χ1v) is 9.35. The fraction of sp³-hybridized carbons (Fsp3) is 0.556. The maximum absolute atomic E-state index is 12.2. The molecule has 6 nitrogen and oxygen atoms in total. The van der Waals surface area contributed by atoms with Crippen LogP contribution in [0.3, 0.4) is 0 Å². The van der Waals surface area contributed by atoms with Gasteiger partial charge in [0.25, 0.3) is 5.91 Å². The van der Waals surface area contributed by atoms with Crippen LogP contribution in [-0.4, -0.2) is 66.7 Å². The Hall–Kier alpha value is -1.50. The third-order valence-corrected chi connectivity index (χ3v) is 4.48. The fourth-order valence-electron chi connectivity index (χ4n) is 2.57. The second-order valence-electron chi connectivity index (χ2n) is 7.19. The van der Waals surface area contributed by atoms with E-state index in [1.54, 1.807) is 23.1 Å². The number of nitrogens with one attached hydrogen (secondary N) is 1. The molecule has 2 rings (SSSR count). The summed E-state index contributed by atoms with van der Waals surface area (Å²) in [6.45, 7) is 9.48. The molecule has 1 saturated heterocycles. The van der Waals surface area contributed by atoms with Crippen molar-refractivity contribution in [2.45, 2.75) is 26.4 Å². The van der Waals surface area contributed by atoms with Crippen LogP contribution in [0.25, 0.3) is 0 Å². The van der Waals surface area contributed by atoms with Gasteiger partial charge in [0.05, 0.1) is 10.6 Å². The van der Waals surface area contributed by atoms with Gasteiger partial charge in [-0.15, -0.1) is 0 Å². The number of ether oxygens (including phenoxy) is 1. The van der Waals surface area contributed by atoms with E-state index >= 15 is 0 Å². The molecule has 8 heteroatoms. The lowest BCUT2D eigenvalue weighted by Crippen LogP contribution is -2.51. The van der Waals surface area contributed by atoms with Gasteiger partial charge in [0, 0.05) is 44.3 Å². The Bertz CT molecular complexity index is 654. The van der Waals surface area contributed by atoms with E-state index in [4.69, 9.17) is 27.9 Å².